The van der Waals surface area contributed by atoms with Gasteiger partial charge in [-0.1, -0.05) is 24.3 Å². The van der Waals surface area contributed by atoms with Gasteiger partial charge in [0.1, 0.15) is 11.5 Å². The summed E-state index contributed by atoms with van der Waals surface area (Å²) in [7, 11) is 0. The summed E-state index contributed by atoms with van der Waals surface area (Å²) in [6.07, 6.45) is 1.65. The van der Waals surface area contributed by atoms with Crippen LogP contribution in [-0.4, -0.2) is 47.2 Å². The van der Waals surface area contributed by atoms with Gasteiger partial charge in [0.2, 0.25) is 5.95 Å². The van der Waals surface area contributed by atoms with Crippen LogP contribution in [0.5, 0.6) is 0 Å². The first-order valence-corrected chi connectivity index (χ1v) is 10.9. The van der Waals surface area contributed by atoms with E-state index in [0.29, 0.717) is 30.5 Å². The molecule has 1 fully saturated rings. The summed E-state index contributed by atoms with van der Waals surface area (Å²) in [5, 5.41) is 8.06. The standard InChI is InChI=1S/C25H24N6O2/c1-17-16-22(30-25(27-17)31-12-14-33-15-13-31)28-19-6-8-20(9-7-19)29-24(32)23-21-5-3-2-4-18(21)10-11-26-23/h2-11,16H,12-15H2,1H3,(H,29,32)(H,27,28,30). The summed E-state index contributed by atoms with van der Waals surface area (Å²) in [6, 6.07) is 19.0. The lowest BCUT2D eigenvalue weighted by Gasteiger charge is -2.27. The van der Waals surface area contributed by atoms with Gasteiger partial charge in [-0.25, -0.2) is 4.98 Å². The number of nitrogens with zero attached hydrogens (tertiary/aromatic N) is 4. The Morgan fingerprint density at radius 1 is 0.970 bits per heavy atom. The zero-order chi connectivity index (χ0) is 22.6. The van der Waals surface area contributed by atoms with Crippen molar-refractivity contribution in [3.8, 4) is 0 Å². The Balaban J connectivity index is 1.29. The number of fused-ring (bicyclic) bond motifs is 1. The van der Waals surface area contributed by atoms with Crippen LogP contribution in [0.4, 0.5) is 23.1 Å². The highest BCUT2D eigenvalue weighted by atomic mass is 16.5. The number of morpholine rings is 1. The van der Waals surface area contributed by atoms with Crippen LogP contribution in [0.15, 0.2) is 66.9 Å². The predicted molar refractivity (Wildman–Crippen MR) is 129 cm³/mol. The number of benzene rings is 2. The average molecular weight is 441 g/mol. The van der Waals surface area contributed by atoms with E-state index in [1.54, 1.807) is 6.20 Å². The minimum absolute atomic E-state index is 0.242. The third-order valence-electron chi connectivity index (χ3n) is 5.44. The van der Waals surface area contributed by atoms with E-state index in [4.69, 9.17) is 4.74 Å². The average Bonchev–Trinajstić information content (AvgIpc) is 2.85. The zero-order valence-corrected chi connectivity index (χ0v) is 18.3. The van der Waals surface area contributed by atoms with Gasteiger partial charge < -0.3 is 20.3 Å². The van der Waals surface area contributed by atoms with Crippen LogP contribution >= 0.6 is 0 Å². The fourth-order valence-electron chi connectivity index (χ4n) is 3.80. The maximum absolute atomic E-state index is 12.8. The van der Waals surface area contributed by atoms with Crippen molar-refractivity contribution in [2.75, 3.05) is 41.8 Å². The lowest BCUT2D eigenvalue weighted by molar-refractivity contribution is 0.102. The fraction of sp³-hybridized carbons (Fsp3) is 0.200. The predicted octanol–water partition coefficient (Wildman–Crippen LogP) is 4.17. The number of hydrogen-bond donors (Lipinski definition) is 2. The van der Waals surface area contributed by atoms with Gasteiger partial charge in [-0.2, -0.15) is 4.98 Å². The van der Waals surface area contributed by atoms with E-state index < -0.39 is 0 Å². The second-order valence-corrected chi connectivity index (χ2v) is 7.83. The summed E-state index contributed by atoms with van der Waals surface area (Å²) in [6.45, 7) is 4.88. The maximum Gasteiger partial charge on any atom is 0.274 e. The number of pyridine rings is 1. The molecule has 2 aromatic heterocycles. The van der Waals surface area contributed by atoms with Crippen LogP contribution in [0.1, 0.15) is 16.2 Å². The fourth-order valence-corrected chi connectivity index (χ4v) is 3.80. The van der Waals surface area contributed by atoms with Crippen LogP contribution in [0, 0.1) is 6.92 Å². The van der Waals surface area contributed by atoms with E-state index in [0.717, 1.165) is 41.1 Å². The van der Waals surface area contributed by atoms with Crippen molar-refractivity contribution in [1.29, 1.82) is 0 Å². The zero-order valence-electron chi connectivity index (χ0n) is 18.3. The first-order valence-electron chi connectivity index (χ1n) is 10.9. The second-order valence-electron chi connectivity index (χ2n) is 7.83. The summed E-state index contributed by atoms with van der Waals surface area (Å²) in [5.41, 5.74) is 2.85. The molecule has 5 rings (SSSR count). The summed E-state index contributed by atoms with van der Waals surface area (Å²) < 4.78 is 5.42. The number of ether oxygens (including phenoxy) is 1. The van der Waals surface area contributed by atoms with E-state index in [-0.39, 0.29) is 5.91 Å². The van der Waals surface area contributed by atoms with E-state index in [9.17, 15) is 4.79 Å². The maximum atomic E-state index is 12.8. The number of hydrogen-bond acceptors (Lipinski definition) is 7. The van der Waals surface area contributed by atoms with Gasteiger partial charge >= 0.3 is 0 Å². The molecule has 166 valence electrons. The minimum Gasteiger partial charge on any atom is -0.378 e. The molecule has 2 N–H and O–H groups in total. The molecule has 1 aliphatic rings. The van der Waals surface area contributed by atoms with Gasteiger partial charge in [-0.3, -0.25) is 9.78 Å². The van der Waals surface area contributed by atoms with E-state index in [1.807, 2.05) is 67.6 Å². The van der Waals surface area contributed by atoms with Gasteiger partial charge in [-0.05, 0) is 42.6 Å². The Hall–Kier alpha value is -4.04. The van der Waals surface area contributed by atoms with Crippen LogP contribution in [0.2, 0.25) is 0 Å². The molecule has 33 heavy (non-hydrogen) atoms. The second kappa shape index (κ2) is 9.22. The van der Waals surface area contributed by atoms with Crippen LogP contribution in [0.25, 0.3) is 10.8 Å². The van der Waals surface area contributed by atoms with Gasteiger partial charge in [0.25, 0.3) is 5.91 Å². The Labute approximate surface area is 191 Å². The molecule has 4 aromatic rings. The number of amides is 1. The molecule has 2 aromatic carbocycles. The third-order valence-corrected chi connectivity index (χ3v) is 5.44. The molecule has 0 aliphatic carbocycles. The largest absolute Gasteiger partial charge is 0.378 e. The van der Waals surface area contributed by atoms with Gasteiger partial charge in [0.05, 0.1) is 13.2 Å². The number of aromatic nitrogens is 3. The lowest BCUT2D eigenvalue weighted by atomic mass is 10.1. The molecule has 8 heteroatoms. The molecule has 1 amide bonds. The Bertz CT molecular complexity index is 1280. The van der Waals surface area contributed by atoms with Gasteiger partial charge in [-0.15, -0.1) is 0 Å². The molecule has 3 heterocycles. The number of carbonyl (C=O) groups excluding carboxylic acids is 1. The van der Waals surface area contributed by atoms with Crippen LogP contribution in [-0.2, 0) is 4.74 Å². The summed E-state index contributed by atoms with van der Waals surface area (Å²) in [4.78, 5) is 28.4. The monoisotopic (exact) mass is 440 g/mol. The molecule has 0 radical (unpaired) electrons. The molecular weight excluding hydrogens is 416 g/mol. The van der Waals surface area contributed by atoms with Gasteiger partial charge in [0, 0.05) is 47.8 Å². The van der Waals surface area contributed by atoms with Crippen molar-refractivity contribution >= 4 is 39.8 Å². The Morgan fingerprint density at radius 2 is 1.73 bits per heavy atom. The molecule has 0 atom stereocenters. The third kappa shape index (κ3) is 4.75. The SMILES string of the molecule is Cc1cc(Nc2ccc(NC(=O)c3nccc4ccccc34)cc2)nc(N2CCOCC2)n1. The number of carbonyl (C=O) groups is 1. The molecule has 0 spiro atoms. The molecule has 0 bridgehead atoms. The Kier molecular flexibility index (Phi) is 5.82. The number of rotatable bonds is 5. The highest BCUT2D eigenvalue weighted by molar-refractivity contribution is 6.11. The number of nitrogens with one attached hydrogen (secondary N) is 2. The quantitative estimate of drug-likeness (QED) is 0.481. The minimum atomic E-state index is -0.242. The summed E-state index contributed by atoms with van der Waals surface area (Å²) in [5.74, 6) is 1.18. The van der Waals surface area contributed by atoms with Crippen molar-refractivity contribution in [2.45, 2.75) is 6.92 Å². The summed E-state index contributed by atoms with van der Waals surface area (Å²) >= 11 is 0. The van der Waals surface area contributed by atoms with E-state index >= 15 is 0 Å². The number of anilines is 4. The molecule has 0 saturated carbocycles. The van der Waals surface area contributed by atoms with Crippen molar-refractivity contribution in [3.63, 3.8) is 0 Å². The molecule has 1 aliphatic heterocycles. The smallest absolute Gasteiger partial charge is 0.274 e. The highest BCUT2D eigenvalue weighted by Crippen LogP contribution is 2.22. The topological polar surface area (TPSA) is 92.3 Å². The van der Waals surface area contributed by atoms with Crippen molar-refractivity contribution < 1.29 is 9.53 Å². The van der Waals surface area contributed by atoms with Gasteiger partial charge in [0.15, 0.2) is 0 Å². The normalized spacial score (nSPS) is 13.7. The molecular formula is C25H24N6O2. The Morgan fingerprint density at radius 3 is 2.55 bits per heavy atom. The van der Waals surface area contributed by atoms with Crippen molar-refractivity contribution in [2.24, 2.45) is 0 Å². The molecule has 0 unspecified atom stereocenters. The van der Waals surface area contributed by atoms with Crippen LogP contribution < -0.4 is 15.5 Å². The molecule has 8 nitrogen and oxygen atoms in total. The molecule has 1 saturated heterocycles. The van der Waals surface area contributed by atoms with Crippen molar-refractivity contribution in [3.05, 3.63) is 78.2 Å². The highest BCUT2D eigenvalue weighted by Gasteiger charge is 2.15. The van der Waals surface area contributed by atoms with E-state index in [1.165, 1.54) is 0 Å². The first-order chi connectivity index (χ1) is 16.2. The number of aryl methyl sites for hydroxylation is 1. The van der Waals surface area contributed by atoms with E-state index in [2.05, 4.69) is 30.5 Å². The van der Waals surface area contributed by atoms with Crippen LogP contribution in [0.3, 0.4) is 0 Å². The first kappa shape index (κ1) is 20.8. The lowest BCUT2D eigenvalue weighted by Crippen LogP contribution is -2.37. The van der Waals surface area contributed by atoms with Crippen molar-refractivity contribution in [1.82, 2.24) is 15.0 Å².